The lowest BCUT2D eigenvalue weighted by Crippen LogP contribution is -2.27. The highest BCUT2D eigenvalue weighted by Crippen LogP contribution is 2.19. The van der Waals surface area contributed by atoms with Crippen molar-refractivity contribution in [2.24, 2.45) is 0 Å². The zero-order valence-corrected chi connectivity index (χ0v) is 14.1. The summed E-state index contributed by atoms with van der Waals surface area (Å²) in [5, 5.41) is 21.4. The Kier molecular flexibility index (Phi) is 5.43. The summed E-state index contributed by atoms with van der Waals surface area (Å²) in [6, 6.07) is 13.3. The van der Waals surface area contributed by atoms with Gasteiger partial charge in [0, 0.05) is 24.7 Å². The summed E-state index contributed by atoms with van der Waals surface area (Å²) in [6.07, 6.45) is 4.23. The summed E-state index contributed by atoms with van der Waals surface area (Å²) in [4.78, 5) is 20.7. The van der Waals surface area contributed by atoms with Gasteiger partial charge in [0.1, 0.15) is 11.5 Å². The average molecular weight is 349 g/mol. The van der Waals surface area contributed by atoms with Crippen LogP contribution in [0.3, 0.4) is 0 Å². The van der Waals surface area contributed by atoms with Crippen molar-refractivity contribution in [2.75, 3.05) is 6.54 Å². The normalized spacial score (nSPS) is 10.5. The molecular weight excluding hydrogens is 330 g/mol. The van der Waals surface area contributed by atoms with Crippen molar-refractivity contribution in [1.29, 1.82) is 0 Å². The molecule has 6 nitrogen and oxygen atoms in total. The molecule has 2 aromatic carbocycles. The van der Waals surface area contributed by atoms with Gasteiger partial charge in [-0.15, -0.1) is 0 Å². The lowest BCUT2D eigenvalue weighted by atomic mass is 10.1. The van der Waals surface area contributed by atoms with Crippen LogP contribution in [0.4, 0.5) is 0 Å². The Balaban J connectivity index is 1.48. The van der Waals surface area contributed by atoms with E-state index in [1.807, 2.05) is 0 Å². The van der Waals surface area contributed by atoms with E-state index in [1.165, 1.54) is 0 Å². The largest absolute Gasteiger partial charge is 0.508 e. The lowest BCUT2D eigenvalue weighted by Gasteiger charge is -2.06. The Morgan fingerprint density at radius 1 is 0.885 bits per heavy atom. The van der Waals surface area contributed by atoms with Gasteiger partial charge in [-0.05, 0) is 42.0 Å². The first-order valence-corrected chi connectivity index (χ1v) is 8.25. The molecule has 0 saturated heterocycles. The minimum Gasteiger partial charge on any atom is -0.508 e. The molecule has 132 valence electrons. The quantitative estimate of drug-likeness (QED) is 0.635. The molecule has 26 heavy (non-hydrogen) atoms. The van der Waals surface area contributed by atoms with Crippen molar-refractivity contribution in [1.82, 2.24) is 15.3 Å². The summed E-state index contributed by atoms with van der Waals surface area (Å²) in [6.45, 7) is 0.476. The van der Waals surface area contributed by atoms with Crippen molar-refractivity contribution < 1.29 is 15.0 Å². The van der Waals surface area contributed by atoms with E-state index in [0.29, 0.717) is 13.0 Å². The van der Waals surface area contributed by atoms with Gasteiger partial charge in [-0.3, -0.25) is 14.8 Å². The zero-order chi connectivity index (χ0) is 18.4. The van der Waals surface area contributed by atoms with E-state index in [-0.39, 0.29) is 23.8 Å². The molecule has 0 atom stereocenters. The molecule has 0 aliphatic carbocycles. The van der Waals surface area contributed by atoms with Gasteiger partial charge in [0.15, 0.2) is 0 Å². The maximum Gasteiger partial charge on any atom is 0.224 e. The third-order valence-electron chi connectivity index (χ3n) is 3.87. The van der Waals surface area contributed by atoms with Crippen LogP contribution in [0.15, 0.2) is 60.9 Å². The fraction of sp³-hybridized carbons (Fsp3) is 0.150. The molecule has 0 unspecified atom stereocenters. The number of phenolic OH excluding ortho intramolecular Hbond substituents is 2. The van der Waals surface area contributed by atoms with E-state index in [9.17, 15) is 15.0 Å². The van der Waals surface area contributed by atoms with Crippen molar-refractivity contribution in [3.63, 3.8) is 0 Å². The number of carbonyl (C=O) groups excluding carboxylic acids is 1. The summed E-state index contributed by atoms with van der Waals surface area (Å²) in [7, 11) is 0. The van der Waals surface area contributed by atoms with Crippen LogP contribution in [0.5, 0.6) is 11.5 Å². The number of carbonyl (C=O) groups is 1. The number of nitrogens with one attached hydrogen (secondary N) is 1. The van der Waals surface area contributed by atoms with E-state index in [0.717, 1.165) is 22.5 Å². The Hall–Kier alpha value is -3.41. The number of benzene rings is 2. The fourth-order valence-electron chi connectivity index (χ4n) is 2.46. The number of phenols is 2. The third kappa shape index (κ3) is 4.80. The highest BCUT2D eigenvalue weighted by atomic mass is 16.3. The van der Waals surface area contributed by atoms with Crippen molar-refractivity contribution >= 4 is 5.91 Å². The zero-order valence-electron chi connectivity index (χ0n) is 14.1. The second kappa shape index (κ2) is 8.11. The molecule has 3 aromatic rings. The molecule has 0 radical (unpaired) electrons. The number of aromatic nitrogens is 2. The lowest BCUT2D eigenvalue weighted by molar-refractivity contribution is -0.120. The topological polar surface area (TPSA) is 95.3 Å². The van der Waals surface area contributed by atoms with Crippen LogP contribution in [-0.4, -0.2) is 32.6 Å². The Morgan fingerprint density at radius 3 is 2.15 bits per heavy atom. The van der Waals surface area contributed by atoms with Gasteiger partial charge < -0.3 is 15.5 Å². The Morgan fingerprint density at radius 2 is 1.54 bits per heavy atom. The van der Waals surface area contributed by atoms with Gasteiger partial charge in [-0.25, -0.2) is 0 Å². The molecule has 0 saturated carbocycles. The predicted molar refractivity (Wildman–Crippen MR) is 97.7 cm³/mol. The number of aromatic hydroxyl groups is 2. The van der Waals surface area contributed by atoms with Crippen LogP contribution in [0.1, 0.15) is 11.3 Å². The first-order valence-electron chi connectivity index (χ1n) is 8.25. The number of rotatable bonds is 6. The molecule has 1 aromatic heterocycles. The van der Waals surface area contributed by atoms with Crippen LogP contribution >= 0.6 is 0 Å². The van der Waals surface area contributed by atoms with E-state index in [2.05, 4.69) is 15.3 Å². The van der Waals surface area contributed by atoms with Gasteiger partial charge in [-0.1, -0.05) is 12.1 Å². The van der Waals surface area contributed by atoms with Gasteiger partial charge >= 0.3 is 0 Å². The Bertz CT molecular complexity index is 860. The summed E-state index contributed by atoms with van der Waals surface area (Å²) in [5.41, 5.74) is 3.24. The molecule has 0 bridgehead atoms. The maximum absolute atomic E-state index is 11.9. The molecule has 1 amide bonds. The number of hydrogen-bond acceptors (Lipinski definition) is 5. The van der Waals surface area contributed by atoms with E-state index >= 15 is 0 Å². The predicted octanol–water partition coefficient (Wildman–Crippen LogP) is 2.46. The van der Waals surface area contributed by atoms with Crippen molar-refractivity contribution in [2.45, 2.75) is 12.8 Å². The van der Waals surface area contributed by atoms with Crippen LogP contribution in [-0.2, 0) is 17.6 Å². The summed E-state index contributed by atoms with van der Waals surface area (Å²) in [5.74, 6) is 0.314. The molecule has 1 heterocycles. The van der Waals surface area contributed by atoms with E-state index in [4.69, 9.17) is 0 Å². The third-order valence-corrected chi connectivity index (χ3v) is 3.87. The van der Waals surface area contributed by atoms with Crippen LogP contribution in [0, 0.1) is 0 Å². The SMILES string of the molecule is O=C(Cc1ccc(O)cc1)NCCc1cnc(-c2ccc(O)cc2)cn1. The van der Waals surface area contributed by atoms with Gasteiger partial charge in [0.25, 0.3) is 0 Å². The minimum absolute atomic E-state index is 0.0793. The number of hydrogen-bond donors (Lipinski definition) is 3. The monoisotopic (exact) mass is 349 g/mol. The van der Waals surface area contributed by atoms with Crippen molar-refractivity contribution in [3.05, 3.63) is 72.2 Å². The van der Waals surface area contributed by atoms with E-state index < -0.39 is 0 Å². The van der Waals surface area contributed by atoms with E-state index in [1.54, 1.807) is 60.9 Å². The molecule has 3 rings (SSSR count). The smallest absolute Gasteiger partial charge is 0.224 e. The van der Waals surface area contributed by atoms with Crippen molar-refractivity contribution in [3.8, 4) is 22.8 Å². The molecule has 0 aliphatic heterocycles. The number of nitrogens with zero attached hydrogens (tertiary/aromatic N) is 2. The second-order valence-corrected chi connectivity index (χ2v) is 5.88. The van der Waals surface area contributed by atoms with Gasteiger partial charge in [-0.2, -0.15) is 0 Å². The highest BCUT2D eigenvalue weighted by Gasteiger charge is 2.05. The highest BCUT2D eigenvalue weighted by molar-refractivity contribution is 5.78. The maximum atomic E-state index is 11.9. The average Bonchev–Trinajstić information content (AvgIpc) is 2.65. The molecular formula is C20H19N3O3. The van der Waals surface area contributed by atoms with Crippen LogP contribution in [0.2, 0.25) is 0 Å². The molecule has 0 spiro atoms. The van der Waals surface area contributed by atoms with Gasteiger partial charge in [0.05, 0.1) is 24.0 Å². The minimum atomic E-state index is -0.0793. The Labute approximate surface area is 151 Å². The standard InChI is InChI=1S/C20H19N3O3/c24-17-5-1-14(2-6-17)11-20(26)21-10-9-16-12-23-19(13-22-16)15-3-7-18(25)8-4-15/h1-8,12-13,24-25H,9-11H2,(H,21,26). The van der Waals surface area contributed by atoms with Gasteiger partial charge in [0.2, 0.25) is 5.91 Å². The first kappa shape index (κ1) is 17.4. The molecule has 0 fully saturated rings. The fourth-order valence-corrected chi connectivity index (χ4v) is 2.46. The molecule has 0 aliphatic rings. The van der Waals surface area contributed by atoms with Crippen LogP contribution < -0.4 is 5.32 Å². The summed E-state index contributed by atoms with van der Waals surface area (Å²) >= 11 is 0. The summed E-state index contributed by atoms with van der Waals surface area (Å²) < 4.78 is 0. The van der Waals surface area contributed by atoms with Crippen LogP contribution in [0.25, 0.3) is 11.3 Å². The second-order valence-electron chi connectivity index (χ2n) is 5.88. The molecule has 6 heteroatoms. The first-order chi connectivity index (χ1) is 12.6. The number of amides is 1. The molecule has 3 N–H and O–H groups in total.